The summed E-state index contributed by atoms with van der Waals surface area (Å²) in [5.74, 6) is 1.73. The number of nitrogens with zero attached hydrogens (tertiary/aromatic N) is 4. The molecule has 65 heavy (non-hydrogen) atoms. The number of hydrogen-bond donors (Lipinski definition) is 4. The van der Waals surface area contributed by atoms with E-state index in [-0.39, 0.29) is 47.6 Å². The number of fused-ring (bicyclic) bond motifs is 6. The summed E-state index contributed by atoms with van der Waals surface area (Å²) in [5.41, 5.74) is 7.34. The second-order valence-electron chi connectivity index (χ2n) is 18.2. The van der Waals surface area contributed by atoms with Gasteiger partial charge >= 0.3 is 6.09 Å². The molecule has 2 aromatic heterocycles. The Morgan fingerprint density at radius 2 is 1.71 bits per heavy atom. The minimum atomic E-state index is -0.761. The zero-order valence-corrected chi connectivity index (χ0v) is 37.1. The third-order valence-corrected chi connectivity index (χ3v) is 13.5. The lowest BCUT2D eigenvalue weighted by Gasteiger charge is -2.30. The van der Waals surface area contributed by atoms with Gasteiger partial charge < -0.3 is 44.6 Å². The number of alkyl carbamates (subject to hydrolysis) is 1. The first-order valence-corrected chi connectivity index (χ1v) is 22.7. The maximum Gasteiger partial charge on any atom is 0.407 e. The molecule has 336 valence electrons. The van der Waals surface area contributed by atoms with Crippen LogP contribution in [0.1, 0.15) is 86.9 Å². The largest absolute Gasteiger partial charge is 0.488 e. The van der Waals surface area contributed by atoms with Crippen LogP contribution < -0.4 is 15.4 Å². The van der Waals surface area contributed by atoms with Gasteiger partial charge in [-0.1, -0.05) is 62.4 Å². The number of aromatic nitrogens is 4. The summed E-state index contributed by atoms with van der Waals surface area (Å²) in [6, 6.07) is 22.1. The number of methoxy groups -OCH3 is 2. The topological polar surface area (TPSA) is 184 Å². The summed E-state index contributed by atoms with van der Waals surface area (Å²) in [6.07, 6.45) is 5.18. The molecule has 4 aliphatic rings. The van der Waals surface area contributed by atoms with Gasteiger partial charge in [0.1, 0.15) is 36.1 Å². The molecule has 0 bridgehead atoms. The fraction of sp³-hybridized carbons (Fsp3) is 0.400. The molecule has 4 N–H and O–H groups in total. The molecule has 1 aliphatic carbocycles. The van der Waals surface area contributed by atoms with Crippen molar-refractivity contribution in [2.24, 2.45) is 17.8 Å². The average Bonchev–Trinajstić information content (AvgIpc) is 3.68. The Kier molecular flexibility index (Phi) is 11.3. The van der Waals surface area contributed by atoms with E-state index in [4.69, 9.17) is 24.2 Å². The molecule has 0 unspecified atom stereocenters. The molecule has 4 amide bonds. The second kappa shape index (κ2) is 17.3. The maximum atomic E-state index is 14.2. The molecule has 5 heterocycles. The highest BCUT2D eigenvalue weighted by molar-refractivity contribution is 6.07. The molecule has 5 atom stereocenters. The molecular formula is C50H54N8O7. The number of nitrogens with one attached hydrogen (secondary N) is 4. The summed E-state index contributed by atoms with van der Waals surface area (Å²) in [4.78, 5) is 74.1. The fourth-order valence-electron chi connectivity index (χ4n) is 9.97. The lowest BCUT2D eigenvalue weighted by Crippen LogP contribution is -2.51. The standard InChI is InChI=1S/C50H54N8O7/c1-27(2)42(56-50(62)64-4)48(60)58-24-28(25-63-3)19-40(58)46-52-37-17-15-31-21-36-34-16-14-32(20-33(34)26-65-41(36)22-35(31)44(37)54-46)38-23-51-45(53-38)39-11-8-18-57(39)49(61)43(29-9-6-5-7-10-29)55-47(59)30-12-13-30/h5-7,9-10,14-17,20-23,27-28,30,39-40,42-43H,8,11-13,18-19,24-26H2,1-4H3,(H,51,53)(H,52,54)(H,55,59)(H,56,62)/t28-,39-,40-,42-,43+/m0/s1. The van der Waals surface area contributed by atoms with Gasteiger partial charge in [0.2, 0.25) is 17.7 Å². The van der Waals surface area contributed by atoms with Gasteiger partial charge in [-0.2, -0.15) is 0 Å². The zero-order chi connectivity index (χ0) is 44.9. The van der Waals surface area contributed by atoms with Crippen LogP contribution in [0.25, 0.3) is 44.2 Å². The van der Waals surface area contributed by atoms with E-state index in [0.717, 1.165) is 92.6 Å². The van der Waals surface area contributed by atoms with Crippen molar-refractivity contribution in [2.75, 3.05) is 33.9 Å². The lowest BCUT2D eigenvalue weighted by atomic mass is 9.92. The van der Waals surface area contributed by atoms with Gasteiger partial charge in [-0.15, -0.1) is 0 Å². The predicted molar refractivity (Wildman–Crippen MR) is 243 cm³/mol. The van der Waals surface area contributed by atoms with Crippen molar-refractivity contribution in [2.45, 2.75) is 76.7 Å². The van der Waals surface area contributed by atoms with Crippen LogP contribution in [-0.2, 0) is 30.5 Å². The normalized spacial score (nSPS) is 20.0. The molecule has 1 saturated carbocycles. The number of aromatic amines is 2. The van der Waals surface area contributed by atoms with E-state index < -0.39 is 18.2 Å². The van der Waals surface area contributed by atoms with Crippen LogP contribution in [0, 0.1) is 17.8 Å². The third-order valence-electron chi connectivity index (χ3n) is 13.5. The van der Waals surface area contributed by atoms with Crippen LogP contribution in [0.5, 0.6) is 5.75 Å². The van der Waals surface area contributed by atoms with Crippen molar-refractivity contribution in [3.05, 3.63) is 102 Å². The lowest BCUT2D eigenvalue weighted by molar-refractivity contribution is -0.138. The number of ether oxygens (including phenoxy) is 3. The monoisotopic (exact) mass is 878 g/mol. The van der Waals surface area contributed by atoms with Gasteiger partial charge in [0.25, 0.3) is 0 Å². The van der Waals surface area contributed by atoms with Crippen LogP contribution in [0.4, 0.5) is 4.79 Å². The van der Waals surface area contributed by atoms with E-state index in [9.17, 15) is 19.2 Å². The molecule has 4 aromatic carbocycles. The molecule has 3 fully saturated rings. The second-order valence-corrected chi connectivity index (χ2v) is 18.2. The van der Waals surface area contributed by atoms with E-state index in [0.29, 0.717) is 38.5 Å². The van der Waals surface area contributed by atoms with Crippen molar-refractivity contribution in [3.8, 4) is 28.1 Å². The molecular weight excluding hydrogens is 825 g/mol. The van der Waals surface area contributed by atoms with Gasteiger partial charge in [-0.25, -0.2) is 14.8 Å². The van der Waals surface area contributed by atoms with Crippen molar-refractivity contribution in [3.63, 3.8) is 0 Å². The molecule has 0 radical (unpaired) electrons. The summed E-state index contributed by atoms with van der Waals surface area (Å²) in [7, 11) is 2.95. The molecule has 15 heteroatoms. The number of rotatable bonds is 12. The van der Waals surface area contributed by atoms with Crippen LogP contribution in [0.15, 0.2) is 79.0 Å². The number of amides is 4. The highest BCUT2D eigenvalue weighted by Gasteiger charge is 2.42. The number of likely N-dealkylation sites (tertiary alicyclic amines) is 2. The van der Waals surface area contributed by atoms with E-state index in [2.05, 4.69) is 57.0 Å². The Morgan fingerprint density at radius 1 is 0.877 bits per heavy atom. The Labute approximate surface area is 376 Å². The van der Waals surface area contributed by atoms with Crippen molar-refractivity contribution in [1.82, 2.24) is 40.4 Å². The minimum Gasteiger partial charge on any atom is -0.488 e. The summed E-state index contributed by atoms with van der Waals surface area (Å²) >= 11 is 0. The number of carbonyl (C=O) groups is 4. The van der Waals surface area contributed by atoms with Gasteiger partial charge in [0.05, 0.1) is 48.7 Å². The Morgan fingerprint density at radius 3 is 2.48 bits per heavy atom. The van der Waals surface area contributed by atoms with E-state index in [1.807, 2.05) is 66.2 Å². The first kappa shape index (κ1) is 42.2. The Balaban J connectivity index is 0.896. The minimum absolute atomic E-state index is 0.0124. The first-order chi connectivity index (χ1) is 31.6. The Hall–Kier alpha value is -6.74. The quantitative estimate of drug-likeness (QED) is 0.0967. The fourth-order valence-corrected chi connectivity index (χ4v) is 9.97. The summed E-state index contributed by atoms with van der Waals surface area (Å²) < 4.78 is 16.8. The first-order valence-electron chi connectivity index (χ1n) is 22.7. The molecule has 3 aliphatic heterocycles. The maximum absolute atomic E-state index is 14.2. The smallest absolute Gasteiger partial charge is 0.407 e. The molecule has 0 spiro atoms. The van der Waals surface area contributed by atoms with Crippen LogP contribution in [0.3, 0.4) is 0 Å². The van der Waals surface area contributed by atoms with E-state index in [1.165, 1.54) is 7.11 Å². The van der Waals surface area contributed by atoms with Gasteiger partial charge in [0, 0.05) is 43.0 Å². The highest BCUT2D eigenvalue weighted by atomic mass is 16.5. The van der Waals surface area contributed by atoms with Gasteiger partial charge in [0.15, 0.2) is 0 Å². The van der Waals surface area contributed by atoms with Gasteiger partial charge in [-0.05, 0) is 89.9 Å². The SMILES string of the molecule is COC[C@H]1C[C@@H](c2nc3ccc4cc5c(cc4c3[nH]2)OCc2cc(-c3cnc([C@@H]4CCCN4C(=O)[C@H](NC(=O)C4CC4)c4ccccc4)[nH]3)ccc2-5)N(C(=O)[C@@H](NC(=O)OC)C(C)C)C1. The van der Waals surface area contributed by atoms with Crippen LogP contribution >= 0.6 is 0 Å². The van der Waals surface area contributed by atoms with Crippen molar-refractivity contribution >= 4 is 45.6 Å². The summed E-state index contributed by atoms with van der Waals surface area (Å²) in [5, 5.41) is 7.77. The number of benzene rings is 4. The zero-order valence-electron chi connectivity index (χ0n) is 37.1. The highest BCUT2D eigenvalue weighted by Crippen LogP contribution is 2.44. The number of imidazole rings is 2. The average molecular weight is 879 g/mol. The van der Waals surface area contributed by atoms with Gasteiger partial charge in [-0.3, -0.25) is 14.4 Å². The molecule has 2 saturated heterocycles. The number of H-pyrrole nitrogens is 2. The predicted octanol–water partition coefficient (Wildman–Crippen LogP) is 7.51. The van der Waals surface area contributed by atoms with E-state index in [1.54, 1.807) is 7.11 Å². The molecule has 15 nitrogen and oxygen atoms in total. The van der Waals surface area contributed by atoms with Crippen LogP contribution in [0.2, 0.25) is 0 Å². The van der Waals surface area contributed by atoms with Crippen LogP contribution in [-0.4, -0.2) is 93.5 Å². The molecule has 6 aromatic rings. The number of carbonyl (C=O) groups excluding carboxylic acids is 4. The molecule has 10 rings (SSSR count). The number of hydrogen-bond acceptors (Lipinski definition) is 9. The third kappa shape index (κ3) is 8.06. The summed E-state index contributed by atoms with van der Waals surface area (Å²) in [6.45, 7) is 5.74. The van der Waals surface area contributed by atoms with E-state index >= 15 is 0 Å². The van der Waals surface area contributed by atoms with Crippen molar-refractivity contribution < 1.29 is 33.4 Å². The van der Waals surface area contributed by atoms with Crippen molar-refractivity contribution in [1.29, 1.82) is 0 Å². The Bertz CT molecular complexity index is 2800.